The van der Waals surface area contributed by atoms with Crippen LogP contribution in [0.1, 0.15) is 82.5 Å². The van der Waals surface area contributed by atoms with Gasteiger partial charge in [-0.25, -0.2) is 13.1 Å². The number of aromatic nitrogens is 1. The Morgan fingerprint density at radius 2 is 1.58 bits per heavy atom. The van der Waals surface area contributed by atoms with Crippen LogP contribution in [0, 0.1) is 11.8 Å². The molecule has 1 saturated carbocycles. The molecule has 0 amide bonds. The van der Waals surface area contributed by atoms with E-state index in [9.17, 15) is 8.42 Å². The van der Waals surface area contributed by atoms with Crippen molar-refractivity contribution in [2.75, 3.05) is 32.4 Å². The van der Waals surface area contributed by atoms with Crippen molar-refractivity contribution in [3.63, 3.8) is 0 Å². The van der Waals surface area contributed by atoms with Crippen LogP contribution in [0.25, 0.3) is 10.9 Å². The van der Waals surface area contributed by atoms with Crippen molar-refractivity contribution >= 4 is 20.9 Å². The average Bonchev–Trinajstić information content (AvgIpc) is 3.49. The van der Waals surface area contributed by atoms with Crippen molar-refractivity contribution in [3.8, 4) is 0 Å². The minimum absolute atomic E-state index is 0.371. The zero-order valence-corrected chi connectivity index (χ0v) is 23.4. The molecule has 2 aromatic rings. The molecule has 2 aliphatic heterocycles. The van der Waals surface area contributed by atoms with E-state index in [0.717, 1.165) is 63.4 Å². The van der Waals surface area contributed by atoms with Gasteiger partial charge in [-0.3, -0.25) is 4.90 Å². The Morgan fingerprint density at radius 3 is 2.22 bits per heavy atom. The van der Waals surface area contributed by atoms with Crippen molar-refractivity contribution in [3.05, 3.63) is 35.5 Å². The number of para-hydroxylation sites is 1. The van der Waals surface area contributed by atoms with Crippen molar-refractivity contribution in [2.24, 2.45) is 11.8 Å². The summed E-state index contributed by atoms with van der Waals surface area (Å²) in [6.45, 7) is 10.6. The Hall–Kier alpha value is -1.41. The summed E-state index contributed by atoms with van der Waals surface area (Å²) >= 11 is 0. The van der Waals surface area contributed by atoms with Gasteiger partial charge in [-0.1, -0.05) is 32.0 Å². The number of likely N-dealkylation sites (tertiary alicyclic amines) is 2. The lowest BCUT2D eigenvalue weighted by atomic mass is 9.79. The molecular weight excluding hydrogens is 468 g/mol. The van der Waals surface area contributed by atoms with E-state index < -0.39 is 10.0 Å². The van der Waals surface area contributed by atoms with Gasteiger partial charge in [0.15, 0.2) is 0 Å². The quantitative estimate of drug-likeness (QED) is 0.530. The zero-order valence-electron chi connectivity index (χ0n) is 22.6. The average molecular weight is 515 g/mol. The van der Waals surface area contributed by atoms with E-state index in [1.54, 1.807) is 0 Å². The minimum Gasteiger partial charge on any atom is -0.340 e. The van der Waals surface area contributed by atoms with E-state index in [1.165, 1.54) is 66.9 Å². The van der Waals surface area contributed by atoms with E-state index in [-0.39, 0.29) is 0 Å². The maximum atomic E-state index is 12.1. The smallest absolute Gasteiger partial charge is 0.209 e. The van der Waals surface area contributed by atoms with Crippen LogP contribution in [0.3, 0.4) is 0 Å². The van der Waals surface area contributed by atoms with Gasteiger partial charge >= 0.3 is 0 Å². The van der Waals surface area contributed by atoms with Crippen LogP contribution < -0.4 is 4.72 Å². The van der Waals surface area contributed by atoms with Gasteiger partial charge < -0.3 is 9.47 Å². The van der Waals surface area contributed by atoms with Crippen LogP contribution in [0.2, 0.25) is 0 Å². The topological polar surface area (TPSA) is 57.6 Å². The highest BCUT2D eigenvalue weighted by Crippen LogP contribution is 2.38. The van der Waals surface area contributed by atoms with Gasteiger partial charge in [0, 0.05) is 48.3 Å². The molecule has 36 heavy (non-hydrogen) atoms. The van der Waals surface area contributed by atoms with Gasteiger partial charge in [0.2, 0.25) is 10.0 Å². The lowest BCUT2D eigenvalue weighted by molar-refractivity contribution is 0.0889. The predicted octanol–water partition coefficient (Wildman–Crippen LogP) is 5.14. The molecule has 200 valence electrons. The normalized spacial score (nSPS) is 25.3. The second-order valence-corrected chi connectivity index (χ2v) is 13.8. The first kappa shape index (κ1) is 26.2. The van der Waals surface area contributed by atoms with E-state index >= 15 is 0 Å². The molecule has 0 atom stereocenters. The van der Waals surface area contributed by atoms with Crippen molar-refractivity contribution in [1.82, 2.24) is 19.1 Å². The molecule has 2 saturated heterocycles. The number of piperidine rings is 1. The molecule has 1 aromatic carbocycles. The van der Waals surface area contributed by atoms with Crippen LogP contribution in [0.15, 0.2) is 24.3 Å². The highest BCUT2D eigenvalue weighted by atomic mass is 32.2. The first-order chi connectivity index (χ1) is 17.3. The summed E-state index contributed by atoms with van der Waals surface area (Å²) in [5.74, 6) is 1.72. The molecule has 3 heterocycles. The van der Waals surface area contributed by atoms with Gasteiger partial charge in [0.05, 0.1) is 12.8 Å². The molecule has 0 spiro atoms. The highest BCUT2D eigenvalue weighted by Gasteiger charge is 2.32. The third kappa shape index (κ3) is 5.85. The maximum absolute atomic E-state index is 12.1. The predicted molar refractivity (Wildman–Crippen MR) is 149 cm³/mol. The number of nitrogens with one attached hydrogen (secondary N) is 1. The van der Waals surface area contributed by atoms with Gasteiger partial charge in [-0.2, -0.15) is 0 Å². The molecule has 0 bridgehead atoms. The molecule has 3 fully saturated rings. The summed E-state index contributed by atoms with van der Waals surface area (Å²) in [6, 6.07) is 9.91. The summed E-state index contributed by atoms with van der Waals surface area (Å²) in [4.78, 5) is 5.30. The number of fused-ring (bicyclic) bond motifs is 1. The summed E-state index contributed by atoms with van der Waals surface area (Å²) in [6.07, 6.45) is 11.5. The standard InChI is InChI=1S/C29H46N4O2S/c1-22(2)23-10-12-24(13-11-23)32-18-14-25(15-19-32)33-28-9-5-4-8-26(28)27(21-31-16-6-7-17-31)29(33)20-30-36(3,34)35/h4-5,8-9,22-25,30H,6-7,10-21H2,1-3H3. The molecule has 5 rings (SSSR count). The zero-order chi connectivity index (χ0) is 25.3. The fraction of sp³-hybridized carbons (Fsp3) is 0.724. The van der Waals surface area contributed by atoms with E-state index in [0.29, 0.717) is 12.6 Å². The third-order valence-corrected chi connectivity index (χ3v) is 9.94. The molecule has 1 aliphatic carbocycles. The van der Waals surface area contributed by atoms with Crippen LogP contribution >= 0.6 is 0 Å². The lowest BCUT2D eigenvalue weighted by Crippen LogP contribution is -2.44. The van der Waals surface area contributed by atoms with Gasteiger partial charge in [0.1, 0.15) is 0 Å². The van der Waals surface area contributed by atoms with Crippen LogP contribution in [-0.2, 0) is 23.1 Å². The molecule has 7 heteroatoms. The molecule has 6 nitrogen and oxygen atoms in total. The first-order valence-electron chi connectivity index (χ1n) is 14.3. The largest absolute Gasteiger partial charge is 0.340 e. The van der Waals surface area contributed by atoms with Crippen molar-refractivity contribution in [1.29, 1.82) is 0 Å². The number of hydrogen-bond donors (Lipinski definition) is 1. The summed E-state index contributed by atoms with van der Waals surface area (Å²) in [7, 11) is -3.27. The molecule has 1 N–H and O–H groups in total. The van der Waals surface area contributed by atoms with Gasteiger partial charge in [-0.15, -0.1) is 0 Å². The Bertz CT molecular complexity index is 1120. The minimum atomic E-state index is -3.27. The number of hydrogen-bond acceptors (Lipinski definition) is 4. The third-order valence-electron chi connectivity index (χ3n) is 9.27. The second kappa shape index (κ2) is 11.1. The Labute approximate surface area is 218 Å². The maximum Gasteiger partial charge on any atom is 0.209 e. The monoisotopic (exact) mass is 514 g/mol. The highest BCUT2D eigenvalue weighted by molar-refractivity contribution is 7.88. The summed E-state index contributed by atoms with van der Waals surface area (Å²) in [5, 5.41) is 1.30. The van der Waals surface area contributed by atoms with Crippen LogP contribution in [0.4, 0.5) is 0 Å². The number of sulfonamides is 1. The molecule has 3 aliphatic rings. The fourth-order valence-electron chi connectivity index (χ4n) is 7.18. The number of nitrogens with zero attached hydrogens (tertiary/aromatic N) is 3. The van der Waals surface area contributed by atoms with Crippen molar-refractivity contribution < 1.29 is 8.42 Å². The summed E-state index contributed by atoms with van der Waals surface area (Å²) in [5.41, 5.74) is 3.76. The van der Waals surface area contributed by atoms with Crippen LogP contribution in [0.5, 0.6) is 0 Å². The van der Waals surface area contributed by atoms with Gasteiger partial charge in [0.25, 0.3) is 0 Å². The number of benzene rings is 1. The SMILES string of the molecule is CC(C)C1CCC(N2CCC(n3c(CNS(C)(=O)=O)c(CN4CCCC4)c4ccccc43)CC2)CC1. The van der Waals surface area contributed by atoms with E-state index in [2.05, 4.69) is 57.2 Å². The Balaban J connectivity index is 1.38. The van der Waals surface area contributed by atoms with Gasteiger partial charge in [-0.05, 0) is 87.9 Å². The first-order valence-corrected chi connectivity index (χ1v) is 16.2. The second-order valence-electron chi connectivity index (χ2n) is 12.0. The molecule has 1 aromatic heterocycles. The Kier molecular flexibility index (Phi) is 8.11. The molecule has 0 unspecified atom stereocenters. The number of rotatable bonds is 8. The van der Waals surface area contributed by atoms with E-state index in [1.807, 2.05) is 0 Å². The Morgan fingerprint density at radius 1 is 0.917 bits per heavy atom. The fourth-order valence-corrected chi connectivity index (χ4v) is 7.58. The van der Waals surface area contributed by atoms with Crippen molar-refractivity contribution in [2.45, 2.75) is 90.4 Å². The molecule has 0 radical (unpaired) electrons. The van der Waals surface area contributed by atoms with E-state index in [4.69, 9.17) is 0 Å². The van der Waals surface area contributed by atoms with Crippen LogP contribution in [-0.4, -0.2) is 61.3 Å². The summed E-state index contributed by atoms with van der Waals surface area (Å²) < 4.78 is 29.6. The molecular formula is C29H46N4O2S. The lowest BCUT2D eigenvalue weighted by Gasteiger charge is -2.42.